The van der Waals surface area contributed by atoms with E-state index in [0.717, 1.165) is 0 Å². The molecule has 32 heavy (non-hydrogen) atoms. The van der Waals surface area contributed by atoms with Gasteiger partial charge in [0.05, 0.1) is 12.9 Å². The van der Waals surface area contributed by atoms with Gasteiger partial charge in [-0.3, -0.25) is 14.4 Å². The van der Waals surface area contributed by atoms with E-state index in [1.807, 2.05) is 0 Å². The van der Waals surface area contributed by atoms with Gasteiger partial charge in [-0.15, -0.1) is 15.3 Å². The Kier molecular flexibility index (Phi) is 6.28. The van der Waals surface area contributed by atoms with Crippen molar-refractivity contribution >= 4 is 45.4 Å². The molecular weight excluding hydrogens is 450 g/mol. The molecule has 4 aromatic rings. The van der Waals surface area contributed by atoms with Gasteiger partial charge in [0.15, 0.2) is 15.8 Å². The minimum Gasteiger partial charge on any atom is -0.497 e. The van der Waals surface area contributed by atoms with E-state index < -0.39 is 5.56 Å². The van der Waals surface area contributed by atoms with E-state index in [9.17, 15) is 14.4 Å². The Morgan fingerprint density at radius 3 is 2.47 bits per heavy atom. The number of benzene rings is 2. The fourth-order valence-corrected chi connectivity index (χ4v) is 4.47. The lowest BCUT2D eigenvalue weighted by Crippen LogP contribution is -2.19. The zero-order valence-electron chi connectivity index (χ0n) is 17.1. The van der Waals surface area contributed by atoms with Crippen LogP contribution in [0.1, 0.15) is 17.3 Å². The summed E-state index contributed by atoms with van der Waals surface area (Å²) in [5.41, 5.74) is 1.57. The number of aromatic nitrogens is 4. The first-order valence-electron chi connectivity index (χ1n) is 9.39. The van der Waals surface area contributed by atoms with Gasteiger partial charge in [-0.25, -0.2) is 0 Å². The SMILES string of the molecule is COc1ccc(-c2nnc3sc(SCC(=O)Nc4ccc(C(C)=O)cc4)nn3c2=O)cc1. The molecule has 0 atom stereocenters. The summed E-state index contributed by atoms with van der Waals surface area (Å²) in [7, 11) is 1.56. The van der Waals surface area contributed by atoms with Gasteiger partial charge in [-0.05, 0) is 55.5 Å². The number of Topliss-reactive ketones (excluding diaryl/α,β-unsaturated/α-hetero) is 1. The van der Waals surface area contributed by atoms with Gasteiger partial charge in [-0.1, -0.05) is 23.1 Å². The Balaban J connectivity index is 1.45. The summed E-state index contributed by atoms with van der Waals surface area (Å²) in [6, 6.07) is 13.6. The number of hydrogen-bond donors (Lipinski definition) is 1. The first kappa shape index (κ1) is 21.7. The summed E-state index contributed by atoms with van der Waals surface area (Å²) in [5, 5.41) is 15.2. The number of ketones is 1. The van der Waals surface area contributed by atoms with Crippen molar-refractivity contribution in [2.45, 2.75) is 11.3 Å². The number of carbonyl (C=O) groups is 2. The second kappa shape index (κ2) is 9.28. The third kappa shape index (κ3) is 4.68. The summed E-state index contributed by atoms with van der Waals surface area (Å²) in [6.45, 7) is 1.48. The predicted octanol–water partition coefficient (Wildman–Crippen LogP) is 3.16. The number of fused-ring (bicyclic) bond motifs is 1. The number of hydrogen-bond acceptors (Lipinski definition) is 9. The number of nitrogens with zero attached hydrogens (tertiary/aromatic N) is 4. The van der Waals surface area contributed by atoms with Crippen LogP contribution in [0.4, 0.5) is 5.69 Å². The lowest BCUT2D eigenvalue weighted by Gasteiger charge is -2.04. The molecule has 0 aliphatic heterocycles. The summed E-state index contributed by atoms with van der Waals surface area (Å²) in [4.78, 5) is 36.7. The number of ether oxygens (including phenoxy) is 1. The van der Waals surface area contributed by atoms with Crippen LogP contribution < -0.4 is 15.6 Å². The number of amides is 1. The monoisotopic (exact) mass is 467 g/mol. The first-order valence-corrected chi connectivity index (χ1v) is 11.2. The van der Waals surface area contributed by atoms with Crippen LogP contribution in [-0.4, -0.2) is 44.4 Å². The van der Waals surface area contributed by atoms with Crippen molar-refractivity contribution < 1.29 is 14.3 Å². The van der Waals surface area contributed by atoms with Crippen LogP contribution in [-0.2, 0) is 4.79 Å². The molecule has 0 aliphatic rings. The van der Waals surface area contributed by atoms with Gasteiger partial charge in [0.1, 0.15) is 5.75 Å². The highest BCUT2D eigenvalue weighted by molar-refractivity contribution is 8.01. The molecule has 0 aliphatic carbocycles. The number of rotatable bonds is 7. The number of thioether (sulfide) groups is 1. The number of anilines is 1. The molecule has 0 bridgehead atoms. The van der Waals surface area contributed by atoms with Gasteiger partial charge >= 0.3 is 5.56 Å². The first-order chi connectivity index (χ1) is 15.4. The maximum Gasteiger partial charge on any atom is 0.302 e. The van der Waals surface area contributed by atoms with Crippen molar-refractivity contribution in [2.24, 2.45) is 0 Å². The second-order valence-corrected chi connectivity index (χ2v) is 8.79. The predicted molar refractivity (Wildman–Crippen MR) is 123 cm³/mol. The van der Waals surface area contributed by atoms with Gasteiger partial charge in [0.25, 0.3) is 0 Å². The Labute approximate surface area is 190 Å². The van der Waals surface area contributed by atoms with Crippen LogP contribution in [0, 0.1) is 0 Å². The summed E-state index contributed by atoms with van der Waals surface area (Å²) >= 11 is 2.37. The minimum atomic E-state index is -0.390. The molecule has 0 saturated heterocycles. The van der Waals surface area contributed by atoms with E-state index in [1.54, 1.807) is 55.6 Å². The third-order valence-electron chi connectivity index (χ3n) is 4.44. The molecule has 2 aromatic heterocycles. The van der Waals surface area contributed by atoms with Crippen LogP contribution in [0.5, 0.6) is 5.75 Å². The minimum absolute atomic E-state index is 0.0391. The topological polar surface area (TPSA) is 116 Å². The fraction of sp³-hybridized carbons (Fsp3) is 0.143. The molecule has 1 amide bonds. The van der Waals surface area contributed by atoms with Crippen molar-refractivity contribution in [3.63, 3.8) is 0 Å². The fourth-order valence-electron chi connectivity index (χ4n) is 2.80. The van der Waals surface area contributed by atoms with E-state index >= 15 is 0 Å². The smallest absolute Gasteiger partial charge is 0.302 e. The molecule has 0 spiro atoms. The average molecular weight is 468 g/mol. The zero-order chi connectivity index (χ0) is 22.7. The molecule has 11 heteroatoms. The average Bonchev–Trinajstić information content (AvgIpc) is 3.23. The van der Waals surface area contributed by atoms with Gasteiger partial charge in [-0.2, -0.15) is 4.52 Å². The zero-order valence-corrected chi connectivity index (χ0v) is 18.7. The Morgan fingerprint density at radius 1 is 1.09 bits per heavy atom. The van der Waals surface area contributed by atoms with Crippen LogP contribution in [0.3, 0.4) is 0 Å². The van der Waals surface area contributed by atoms with Crippen molar-refractivity contribution in [1.82, 2.24) is 19.8 Å². The third-order valence-corrected chi connectivity index (χ3v) is 6.47. The quantitative estimate of drug-likeness (QED) is 0.326. The number of carbonyl (C=O) groups excluding carboxylic acids is 2. The van der Waals surface area contributed by atoms with E-state index in [0.29, 0.717) is 31.9 Å². The van der Waals surface area contributed by atoms with Crippen LogP contribution in [0.25, 0.3) is 16.2 Å². The molecule has 0 fully saturated rings. The van der Waals surface area contributed by atoms with Crippen LogP contribution in [0.15, 0.2) is 57.7 Å². The Hall–Kier alpha value is -3.57. The molecule has 4 rings (SSSR count). The highest BCUT2D eigenvalue weighted by Gasteiger charge is 2.15. The summed E-state index contributed by atoms with van der Waals surface area (Å²) in [5.74, 6) is 0.496. The molecule has 162 valence electrons. The summed E-state index contributed by atoms with van der Waals surface area (Å²) < 4.78 is 6.84. The molecule has 9 nitrogen and oxygen atoms in total. The van der Waals surface area contributed by atoms with Crippen LogP contribution in [0.2, 0.25) is 0 Å². The summed E-state index contributed by atoms with van der Waals surface area (Å²) in [6.07, 6.45) is 0. The molecule has 0 radical (unpaired) electrons. The van der Waals surface area contributed by atoms with Gasteiger partial charge in [0, 0.05) is 16.8 Å². The number of nitrogens with one attached hydrogen (secondary N) is 1. The van der Waals surface area contributed by atoms with Crippen molar-refractivity contribution in [1.29, 1.82) is 0 Å². The normalized spacial score (nSPS) is 10.8. The van der Waals surface area contributed by atoms with Crippen molar-refractivity contribution in [2.75, 3.05) is 18.2 Å². The van der Waals surface area contributed by atoms with Crippen molar-refractivity contribution in [3.05, 3.63) is 64.4 Å². The van der Waals surface area contributed by atoms with E-state index in [2.05, 4.69) is 20.6 Å². The maximum absolute atomic E-state index is 12.8. The molecule has 2 heterocycles. The molecule has 2 aromatic carbocycles. The largest absolute Gasteiger partial charge is 0.497 e. The molecule has 0 unspecified atom stereocenters. The Bertz CT molecular complexity index is 1350. The molecule has 1 N–H and O–H groups in total. The van der Waals surface area contributed by atoms with Crippen LogP contribution >= 0.6 is 23.1 Å². The van der Waals surface area contributed by atoms with Gasteiger partial charge in [0.2, 0.25) is 10.9 Å². The van der Waals surface area contributed by atoms with E-state index in [1.165, 1.54) is 34.5 Å². The second-order valence-electron chi connectivity index (χ2n) is 6.61. The highest BCUT2D eigenvalue weighted by Crippen LogP contribution is 2.24. The van der Waals surface area contributed by atoms with Gasteiger partial charge < -0.3 is 10.1 Å². The molecular formula is C21H17N5O4S2. The maximum atomic E-state index is 12.8. The van der Waals surface area contributed by atoms with E-state index in [4.69, 9.17) is 4.74 Å². The lowest BCUT2D eigenvalue weighted by atomic mass is 10.1. The molecule has 0 saturated carbocycles. The Morgan fingerprint density at radius 2 is 1.81 bits per heavy atom. The van der Waals surface area contributed by atoms with E-state index in [-0.39, 0.29) is 23.1 Å². The highest BCUT2D eigenvalue weighted by atomic mass is 32.2. The number of methoxy groups -OCH3 is 1. The lowest BCUT2D eigenvalue weighted by molar-refractivity contribution is -0.113. The standard InChI is InChI=1S/C21H17N5O4S2/c1-12(27)13-3-7-15(8-4-13)22-17(28)11-31-21-25-26-19(29)18(23-24-20(26)32-21)14-5-9-16(30-2)10-6-14/h3-10H,11H2,1-2H3,(H,22,28). The van der Waals surface area contributed by atoms with Crippen molar-refractivity contribution in [3.8, 4) is 17.0 Å².